The predicted molar refractivity (Wildman–Crippen MR) is 77.7 cm³/mol. The van der Waals surface area contributed by atoms with Crippen molar-refractivity contribution in [2.75, 3.05) is 0 Å². The Kier molecular flexibility index (Phi) is 4.25. The van der Waals surface area contributed by atoms with Crippen molar-refractivity contribution in [3.05, 3.63) is 34.9 Å². The second kappa shape index (κ2) is 5.74. The van der Waals surface area contributed by atoms with Crippen LogP contribution in [0, 0.1) is 5.92 Å². The van der Waals surface area contributed by atoms with Crippen LogP contribution in [-0.2, 0) is 11.2 Å². The Hall–Kier alpha value is -1.35. The van der Waals surface area contributed by atoms with E-state index in [4.69, 9.17) is 5.73 Å². The van der Waals surface area contributed by atoms with Gasteiger partial charge in [-0.15, -0.1) is 0 Å². The van der Waals surface area contributed by atoms with Crippen molar-refractivity contribution >= 4 is 5.91 Å². The minimum absolute atomic E-state index is 0.0383. The summed E-state index contributed by atoms with van der Waals surface area (Å²) in [5, 5.41) is 3.05. The Morgan fingerprint density at radius 2 is 2.16 bits per heavy atom. The van der Waals surface area contributed by atoms with Gasteiger partial charge in [0, 0.05) is 13.0 Å². The number of benzene rings is 1. The summed E-state index contributed by atoms with van der Waals surface area (Å²) in [5.74, 6) is 0.456. The highest BCUT2D eigenvalue weighted by molar-refractivity contribution is 5.73. The lowest BCUT2D eigenvalue weighted by Crippen LogP contribution is -2.29. The Balaban J connectivity index is 2.32. The fourth-order valence-electron chi connectivity index (χ4n) is 2.81. The average molecular weight is 260 g/mol. The third kappa shape index (κ3) is 3.16. The molecular formula is C16H24N2O. The highest BCUT2D eigenvalue weighted by atomic mass is 16.1. The molecule has 0 fully saturated rings. The van der Waals surface area contributed by atoms with Gasteiger partial charge >= 0.3 is 0 Å². The van der Waals surface area contributed by atoms with Crippen LogP contribution < -0.4 is 11.1 Å². The lowest BCUT2D eigenvalue weighted by Gasteiger charge is -2.28. The molecule has 0 spiro atoms. The first kappa shape index (κ1) is 14.1. The molecule has 2 unspecified atom stereocenters. The monoisotopic (exact) mass is 260 g/mol. The number of rotatable bonds is 3. The number of nitrogens with two attached hydrogens (primary N) is 1. The van der Waals surface area contributed by atoms with Gasteiger partial charge in [-0.05, 0) is 41.9 Å². The van der Waals surface area contributed by atoms with Crippen LogP contribution >= 0.6 is 0 Å². The maximum atomic E-state index is 11.3. The van der Waals surface area contributed by atoms with Crippen molar-refractivity contribution in [2.24, 2.45) is 11.7 Å². The molecule has 19 heavy (non-hydrogen) atoms. The van der Waals surface area contributed by atoms with E-state index >= 15 is 0 Å². The number of amides is 1. The molecule has 0 bridgehead atoms. The van der Waals surface area contributed by atoms with E-state index in [0.717, 1.165) is 19.3 Å². The van der Waals surface area contributed by atoms with E-state index in [1.807, 2.05) is 0 Å². The van der Waals surface area contributed by atoms with Crippen LogP contribution in [0.2, 0.25) is 0 Å². The molecule has 1 aliphatic rings. The molecule has 1 aliphatic carbocycles. The minimum Gasteiger partial charge on any atom is -0.350 e. The fraction of sp³-hybridized carbons (Fsp3) is 0.562. The van der Waals surface area contributed by atoms with Crippen molar-refractivity contribution in [1.82, 2.24) is 5.32 Å². The van der Waals surface area contributed by atoms with Gasteiger partial charge in [-0.3, -0.25) is 4.79 Å². The molecule has 3 heteroatoms. The summed E-state index contributed by atoms with van der Waals surface area (Å²) in [5.41, 5.74) is 10.0. The zero-order valence-electron chi connectivity index (χ0n) is 12.1. The summed E-state index contributed by atoms with van der Waals surface area (Å²) in [6.45, 7) is 5.85. The van der Waals surface area contributed by atoms with Crippen molar-refractivity contribution in [3.8, 4) is 0 Å². The van der Waals surface area contributed by atoms with Gasteiger partial charge in [0.15, 0.2) is 0 Å². The van der Waals surface area contributed by atoms with Gasteiger partial charge in [0.2, 0.25) is 5.91 Å². The summed E-state index contributed by atoms with van der Waals surface area (Å²) in [4.78, 5) is 11.3. The molecule has 1 aromatic rings. The highest BCUT2D eigenvalue weighted by Gasteiger charge is 2.22. The fourth-order valence-corrected chi connectivity index (χ4v) is 2.81. The van der Waals surface area contributed by atoms with E-state index in [-0.39, 0.29) is 18.0 Å². The average Bonchev–Trinajstić information content (AvgIpc) is 2.37. The SMILES string of the molecule is CC(=O)NC1CCCc2ccc(C(N)C(C)C)cc21. The van der Waals surface area contributed by atoms with Crippen LogP contribution in [0.5, 0.6) is 0 Å². The highest BCUT2D eigenvalue weighted by Crippen LogP contribution is 2.32. The van der Waals surface area contributed by atoms with Gasteiger partial charge in [-0.2, -0.15) is 0 Å². The molecule has 0 aliphatic heterocycles. The molecule has 0 saturated carbocycles. The van der Waals surface area contributed by atoms with Gasteiger partial charge < -0.3 is 11.1 Å². The third-order valence-corrected chi connectivity index (χ3v) is 3.96. The number of carbonyl (C=O) groups excluding carboxylic acids is 1. The van der Waals surface area contributed by atoms with Crippen LogP contribution in [0.15, 0.2) is 18.2 Å². The first-order chi connectivity index (χ1) is 8.99. The summed E-state index contributed by atoms with van der Waals surface area (Å²) in [6.07, 6.45) is 3.25. The molecule has 0 saturated heterocycles. The first-order valence-electron chi connectivity index (χ1n) is 7.14. The molecule has 104 valence electrons. The molecule has 2 atom stereocenters. The second-order valence-corrected chi connectivity index (χ2v) is 5.87. The van der Waals surface area contributed by atoms with Crippen molar-refractivity contribution in [2.45, 2.75) is 52.1 Å². The lowest BCUT2D eigenvalue weighted by molar-refractivity contribution is -0.119. The van der Waals surface area contributed by atoms with Crippen molar-refractivity contribution < 1.29 is 4.79 Å². The Morgan fingerprint density at radius 3 is 2.79 bits per heavy atom. The Morgan fingerprint density at radius 1 is 1.42 bits per heavy atom. The van der Waals surface area contributed by atoms with Gasteiger partial charge in [0.1, 0.15) is 0 Å². The molecule has 0 heterocycles. The van der Waals surface area contributed by atoms with Crippen molar-refractivity contribution in [1.29, 1.82) is 0 Å². The number of hydrogen-bond donors (Lipinski definition) is 2. The molecule has 2 rings (SSSR count). The van der Waals surface area contributed by atoms with E-state index in [1.54, 1.807) is 6.92 Å². The number of aryl methyl sites for hydroxylation is 1. The molecule has 1 amide bonds. The molecule has 0 aromatic heterocycles. The minimum atomic E-state index is 0.0383. The molecule has 3 N–H and O–H groups in total. The van der Waals surface area contributed by atoms with Gasteiger partial charge in [-0.1, -0.05) is 32.0 Å². The van der Waals surface area contributed by atoms with E-state index in [0.29, 0.717) is 5.92 Å². The normalized spacial score (nSPS) is 19.9. The summed E-state index contributed by atoms with van der Waals surface area (Å²) >= 11 is 0. The Bertz CT molecular complexity index is 468. The smallest absolute Gasteiger partial charge is 0.217 e. The Labute approximate surface area is 115 Å². The van der Waals surface area contributed by atoms with Crippen LogP contribution in [0.1, 0.15) is 62.4 Å². The quantitative estimate of drug-likeness (QED) is 0.878. The zero-order valence-corrected chi connectivity index (χ0v) is 12.1. The van der Waals surface area contributed by atoms with Crippen LogP contribution in [0.25, 0.3) is 0 Å². The number of hydrogen-bond acceptors (Lipinski definition) is 2. The van der Waals surface area contributed by atoms with E-state index in [9.17, 15) is 4.79 Å². The van der Waals surface area contributed by atoms with Gasteiger partial charge in [0.05, 0.1) is 6.04 Å². The lowest BCUT2D eigenvalue weighted by atomic mass is 9.84. The summed E-state index contributed by atoms with van der Waals surface area (Å²) < 4.78 is 0. The number of fused-ring (bicyclic) bond motifs is 1. The number of carbonyl (C=O) groups is 1. The third-order valence-electron chi connectivity index (χ3n) is 3.96. The molecule has 1 aromatic carbocycles. The maximum Gasteiger partial charge on any atom is 0.217 e. The van der Waals surface area contributed by atoms with Crippen LogP contribution in [0.3, 0.4) is 0 Å². The van der Waals surface area contributed by atoms with Gasteiger partial charge in [0.25, 0.3) is 0 Å². The zero-order chi connectivity index (χ0) is 14.0. The predicted octanol–water partition coefficient (Wildman–Crippen LogP) is 2.86. The van der Waals surface area contributed by atoms with Crippen LogP contribution in [0.4, 0.5) is 0 Å². The van der Waals surface area contributed by atoms with E-state index in [2.05, 4.69) is 37.4 Å². The standard InChI is InChI=1S/C16H24N2O/c1-10(2)16(17)13-8-7-12-5-4-6-15(14(12)9-13)18-11(3)19/h7-10,15-16H,4-6,17H2,1-3H3,(H,18,19). The summed E-state index contributed by atoms with van der Waals surface area (Å²) in [7, 11) is 0. The van der Waals surface area contributed by atoms with E-state index < -0.39 is 0 Å². The molecular weight excluding hydrogens is 236 g/mol. The topological polar surface area (TPSA) is 55.1 Å². The van der Waals surface area contributed by atoms with Crippen LogP contribution in [-0.4, -0.2) is 5.91 Å². The first-order valence-corrected chi connectivity index (χ1v) is 7.14. The van der Waals surface area contributed by atoms with E-state index in [1.165, 1.54) is 16.7 Å². The number of nitrogens with one attached hydrogen (secondary N) is 1. The largest absolute Gasteiger partial charge is 0.350 e. The van der Waals surface area contributed by atoms with Crippen molar-refractivity contribution in [3.63, 3.8) is 0 Å². The summed E-state index contributed by atoms with van der Waals surface area (Å²) in [6, 6.07) is 6.73. The molecule has 0 radical (unpaired) electrons. The second-order valence-electron chi connectivity index (χ2n) is 5.87. The molecule has 3 nitrogen and oxygen atoms in total. The maximum absolute atomic E-state index is 11.3. The van der Waals surface area contributed by atoms with Gasteiger partial charge in [-0.25, -0.2) is 0 Å².